The van der Waals surface area contributed by atoms with Crippen LogP contribution < -0.4 is 9.80 Å². The number of benzene rings is 1. The molecule has 0 N–H and O–H groups in total. The first-order valence-corrected chi connectivity index (χ1v) is 12.3. The number of anilines is 2. The fourth-order valence-electron chi connectivity index (χ4n) is 3.40. The zero-order valence-corrected chi connectivity index (χ0v) is 22.5. The summed E-state index contributed by atoms with van der Waals surface area (Å²) in [6.07, 6.45) is 7.89. The quantitative estimate of drug-likeness (QED) is 0.192. The summed E-state index contributed by atoms with van der Waals surface area (Å²) in [6.45, 7) is 12.5. The molecule has 194 valence electrons. The number of carbonyl (C=O) groups is 3. The minimum atomic E-state index is -0.521. The molecule has 0 saturated carbocycles. The van der Waals surface area contributed by atoms with E-state index in [2.05, 4.69) is 26.8 Å². The normalized spacial score (nSPS) is 11.1. The maximum absolute atomic E-state index is 12.9. The highest BCUT2D eigenvalue weighted by Crippen LogP contribution is 2.28. The van der Waals surface area contributed by atoms with Crippen LogP contribution in [-0.4, -0.2) is 51.2 Å². The van der Waals surface area contributed by atoms with E-state index in [0.717, 1.165) is 25.7 Å². The van der Waals surface area contributed by atoms with Crippen LogP contribution in [-0.2, 0) is 19.1 Å². The summed E-state index contributed by atoms with van der Waals surface area (Å²) < 4.78 is 10.8. The predicted molar refractivity (Wildman–Crippen MR) is 142 cm³/mol. The number of hydrogen-bond acceptors (Lipinski definition) is 5. The van der Waals surface area contributed by atoms with Gasteiger partial charge in [-0.15, -0.1) is 0 Å². The number of esters is 1. The topological polar surface area (TPSA) is 76.2 Å². The van der Waals surface area contributed by atoms with Crippen LogP contribution in [0, 0.1) is 0 Å². The number of likely N-dealkylation sites (N-methyl/N-ethyl adjacent to an activating group) is 1. The molecular formula is C28H42N2O5. The van der Waals surface area contributed by atoms with E-state index in [9.17, 15) is 14.4 Å². The van der Waals surface area contributed by atoms with E-state index in [1.165, 1.54) is 23.0 Å². The summed E-state index contributed by atoms with van der Waals surface area (Å²) in [7, 11) is 1.60. The van der Waals surface area contributed by atoms with Crippen molar-refractivity contribution in [1.82, 2.24) is 0 Å². The fourth-order valence-corrected chi connectivity index (χ4v) is 3.40. The molecule has 0 heterocycles. The van der Waals surface area contributed by atoms with Crippen molar-refractivity contribution in [1.29, 1.82) is 0 Å². The minimum absolute atomic E-state index is 0.0997. The van der Waals surface area contributed by atoms with Crippen molar-refractivity contribution in [2.45, 2.75) is 67.2 Å². The number of rotatable bonds is 14. The van der Waals surface area contributed by atoms with Crippen molar-refractivity contribution >= 4 is 29.2 Å². The Morgan fingerprint density at radius 3 is 2.34 bits per heavy atom. The van der Waals surface area contributed by atoms with Gasteiger partial charge in [0.05, 0.1) is 24.5 Å². The van der Waals surface area contributed by atoms with Crippen LogP contribution in [0.4, 0.5) is 11.4 Å². The lowest BCUT2D eigenvalue weighted by atomic mass is 10.1. The Morgan fingerprint density at radius 2 is 1.74 bits per heavy atom. The van der Waals surface area contributed by atoms with Gasteiger partial charge in [-0.05, 0) is 65.2 Å². The first-order valence-electron chi connectivity index (χ1n) is 12.3. The van der Waals surface area contributed by atoms with Crippen molar-refractivity contribution in [3.63, 3.8) is 0 Å². The second-order valence-corrected chi connectivity index (χ2v) is 8.78. The molecule has 1 aromatic rings. The maximum atomic E-state index is 12.9. The Morgan fingerprint density at radius 1 is 1.03 bits per heavy atom. The van der Waals surface area contributed by atoms with Crippen molar-refractivity contribution in [3.05, 3.63) is 47.1 Å². The van der Waals surface area contributed by atoms with E-state index in [-0.39, 0.29) is 30.6 Å². The zero-order valence-electron chi connectivity index (χ0n) is 22.5. The number of amides is 2. The fraction of sp³-hybridized carbons (Fsp3) is 0.536. The number of allylic oxidation sites excluding steroid dienone is 3. The Kier molecular flexibility index (Phi) is 13.7. The number of carbonyl (C=O) groups excluding carboxylic acids is 3. The molecule has 35 heavy (non-hydrogen) atoms. The number of hydrogen-bond donors (Lipinski definition) is 0. The molecule has 0 fully saturated rings. The lowest BCUT2D eigenvalue weighted by Crippen LogP contribution is -2.33. The van der Waals surface area contributed by atoms with Crippen LogP contribution in [0.3, 0.4) is 0 Å². The molecule has 7 heteroatoms. The highest BCUT2D eigenvalue weighted by molar-refractivity contribution is 6.04. The van der Waals surface area contributed by atoms with Gasteiger partial charge in [-0.3, -0.25) is 9.59 Å². The Hall–Kier alpha value is -2.93. The standard InChI is InChI=1S/C28H42N2O5/c1-8-10-17-30(23(6)31)24-14-15-25(28(33)35-9-2)26(19-24)29(7)27(32)20-34-18-16-22(5)13-11-12-21(3)4/h12,14-16,19H,8-11,13,17-18,20H2,1-7H3/b22-16+. The molecule has 1 aromatic carbocycles. The third-order valence-corrected chi connectivity index (χ3v) is 5.51. The van der Waals surface area contributed by atoms with Crippen LogP contribution in [0.2, 0.25) is 0 Å². The van der Waals surface area contributed by atoms with Gasteiger partial charge in [0.1, 0.15) is 6.61 Å². The van der Waals surface area contributed by atoms with E-state index in [1.807, 2.05) is 13.0 Å². The van der Waals surface area contributed by atoms with Crippen LogP contribution in [0.15, 0.2) is 41.5 Å². The van der Waals surface area contributed by atoms with Crippen molar-refractivity contribution in [2.24, 2.45) is 0 Å². The smallest absolute Gasteiger partial charge is 0.340 e. The average Bonchev–Trinajstić information content (AvgIpc) is 2.81. The van der Waals surface area contributed by atoms with Crippen LogP contribution in [0.25, 0.3) is 0 Å². The molecule has 0 aliphatic rings. The first-order chi connectivity index (χ1) is 16.6. The molecule has 0 aliphatic carbocycles. The van der Waals surface area contributed by atoms with E-state index >= 15 is 0 Å². The summed E-state index contributed by atoms with van der Waals surface area (Å²) in [6, 6.07) is 5.01. The van der Waals surface area contributed by atoms with E-state index in [4.69, 9.17) is 9.47 Å². The van der Waals surface area contributed by atoms with Gasteiger partial charge in [0.25, 0.3) is 5.91 Å². The third-order valence-electron chi connectivity index (χ3n) is 5.51. The third kappa shape index (κ3) is 10.5. The molecule has 0 atom stereocenters. The Labute approximate surface area is 210 Å². The summed E-state index contributed by atoms with van der Waals surface area (Å²) in [4.78, 5) is 40.7. The Balaban J connectivity index is 3.01. The zero-order chi connectivity index (χ0) is 26.4. The number of unbranched alkanes of at least 4 members (excludes halogenated alkanes) is 1. The highest BCUT2D eigenvalue weighted by atomic mass is 16.5. The number of nitrogens with zero attached hydrogens (tertiary/aromatic N) is 2. The van der Waals surface area contributed by atoms with Gasteiger partial charge in [0, 0.05) is 26.2 Å². The summed E-state index contributed by atoms with van der Waals surface area (Å²) >= 11 is 0. The highest BCUT2D eigenvalue weighted by Gasteiger charge is 2.22. The van der Waals surface area contributed by atoms with Crippen LogP contribution >= 0.6 is 0 Å². The van der Waals surface area contributed by atoms with Gasteiger partial charge in [0.15, 0.2) is 0 Å². The van der Waals surface area contributed by atoms with Gasteiger partial charge in [-0.25, -0.2) is 4.79 Å². The maximum Gasteiger partial charge on any atom is 0.340 e. The monoisotopic (exact) mass is 486 g/mol. The molecule has 2 amide bonds. The van der Waals surface area contributed by atoms with E-state index < -0.39 is 5.97 Å². The first kappa shape index (κ1) is 30.1. The van der Waals surface area contributed by atoms with E-state index in [1.54, 1.807) is 37.1 Å². The van der Waals surface area contributed by atoms with Crippen LogP contribution in [0.5, 0.6) is 0 Å². The van der Waals surface area contributed by atoms with Crippen LogP contribution in [0.1, 0.15) is 77.6 Å². The second kappa shape index (κ2) is 15.9. The summed E-state index contributed by atoms with van der Waals surface area (Å²) in [5.74, 6) is -0.920. The molecular weight excluding hydrogens is 444 g/mol. The second-order valence-electron chi connectivity index (χ2n) is 8.78. The largest absolute Gasteiger partial charge is 0.462 e. The SMILES string of the molecule is CCCCN(C(C)=O)c1ccc(C(=O)OCC)c(N(C)C(=O)COC/C=C(\C)CCC=C(C)C)c1. The van der Waals surface area contributed by atoms with Gasteiger partial charge in [-0.1, -0.05) is 36.6 Å². The van der Waals surface area contributed by atoms with Gasteiger partial charge in [0.2, 0.25) is 5.91 Å². The molecule has 0 unspecified atom stereocenters. The summed E-state index contributed by atoms with van der Waals surface area (Å²) in [5.41, 5.74) is 3.78. The van der Waals surface area contributed by atoms with Gasteiger partial charge >= 0.3 is 5.97 Å². The molecule has 7 nitrogen and oxygen atoms in total. The van der Waals surface area contributed by atoms with Gasteiger partial charge < -0.3 is 19.3 Å². The number of ether oxygens (including phenoxy) is 2. The van der Waals surface area contributed by atoms with E-state index in [0.29, 0.717) is 24.5 Å². The molecule has 1 rings (SSSR count). The average molecular weight is 487 g/mol. The lowest BCUT2D eigenvalue weighted by molar-refractivity contribution is -0.122. The molecule has 0 bridgehead atoms. The minimum Gasteiger partial charge on any atom is -0.462 e. The van der Waals surface area contributed by atoms with Crippen molar-refractivity contribution in [2.75, 3.05) is 43.2 Å². The molecule has 0 spiro atoms. The van der Waals surface area contributed by atoms with Crippen molar-refractivity contribution < 1.29 is 23.9 Å². The molecule has 0 radical (unpaired) electrons. The van der Waals surface area contributed by atoms with Gasteiger partial charge in [-0.2, -0.15) is 0 Å². The predicted octanol–water partition coefficient (Wildman–Crippen LogP) is 5.69. The molecule has 0 aromatic heterocycles. The lowest BCUT2D eigenvalue weighted by Gasteiger charge is -2.25. The molecule has 0 aliphatic heterocycles. The summed E-state index contributed by atoms with van der Waals surface area (Å²) in [5, 5.41) is 0. The Bertz CT molecular complexity index is 916. The molecule has 0 saturated heterocycles. The van der Waals surface area contributed by atoms with Crippen molar-refractivity contribution in [3.8, 4) is 0 Å².